The van der Waals surface area contributed by atoms with Crippen LogP contribution in [0, 0.1) is 10.1 Å². The molecule has 8 heteroatoms. The summed E-state index contributed by atoms with van der Waals surface area (Å²) in [7, 11) is 0. The van der Waals surface area contributed by atoms with E-state index >= 15 is 0 Å². The number of benzene rings is 1. The van der Waals surface area contributed by atoms with Gasteiger partial charge < -0.3 is 4.74 Å². The van der Waals surface area contributed by atoms with Gasteiger partial charge >= 0.3 is 0 Å². The van der Waals surface area contributed by atoms with Gasteiger partial charge in [0.15, 0.2) is 0 Å². The third kappa shape index (κ3) is 2.29. The second-order valence-corrected chi connectivity index (χ2v) is 6.50. The van der Waals surface area contributed by atoms with Gasteiger partial charge in [-0.1, -0.05) is 23.8 Å². The molecule has 128 valence electrons. The lowest BCUT2D eigenvalue weighted by atomic mass is 9.82. The summed E-state index contributed by atoms with van der Waals surface area (Å²) in [6.45, 7) is 2.97. The number of nitrogens with zero attached hydrogens (tertiary/aromatic N) is 5. The molecule has 0 spiro atoms. The molecule has 4 rings (SSSR count). The number of para-hydroxylation sites is 2. The molecule has 1 aromatic rings. The minimum Gasteiger partial charge on any atom is -0.379 e. The zero-order valence-electron chi connectivity index (χ0n) is 13.5. The standard InChI is InChI=1S/C16H21N5O3/c22-21(23)14-6-2-1-5-13(14)20-16(19-9-11-24-12-10-19)8-4-3-7-15(16)17-18-20/h1-2,5-6,15H,3-4,7-12H2. The van der Waals surface area contributed by atoms with Crippen molar-refractivity contribution < 1.29 is 9.66 Å². The number of hydrogen-bond donors (Lipinski definition) is 0. The Kier molecular flexibility index (Phi) is 3.93. The molecule has 2 aliphatic heterocycles. The fourth-order valence-corrected chi connectivity index (χ4v) is 4.22. The Labute approximate surface area is 140 Å². The molecular weight excluding hydrogens is 310 g/mol. The molecule has 24 heavy (non-hydrogen) atoms. The van der Waals surface area contributed by atoms with Gasteiger partial charge in [-0.15, -0.1) is 0 Å². The molecule has 2 fully saturated rings. The Morgan fingerprint density at radius 2 is 2.04 bits per heavy atom. The molecule has 1 aliphatic carbocycles. The Hall–Kier alpha value is -2.06. The Morgan fingerprint density at radius 3 is 2.83 bits per heavy atom. The summed E-state index contributed by atoms with van der Waals surface area (Å²) in [5, 5.41) is 22.2. The zero-order valence-corrected chi connectivity index (χ0v) is 13.5. The average molecular weight is 331 g/mol. The van der Waals surface area contributed by atoms with E-state index < -0.39 is 5.66 Å². The van der Waals surface area contributed by atoms with Gasteiger partial charge in [0.1, 0.15) is 17.4 Å². The van der Waals surface area contributed by atoms with Crippen molar-refractivity contribution in [2.24, 2.45) is 10.3 Å². The zero-order chi connectivity index (χ0) is 16.6. The molecule has 2 unspecified atom stereocenters. The summed E-state index contributed by atoms with van der Waals surface area (Å²) < 4.78 is 5.51. The van der Waals surface area contributed by atoms with Gasteiger partial charge in [0, 0.05) is 19.2 Å². The highest BCUT2D eigenvalue weighted by molar-refractivity contribution is 5.64. The minimum atomic E-state index is -0.395. The minimum absolute atomic E-state index is 0.0594. The molecule has 2 atom stereocenters. The summed E-state index contributed by atoms with van der Waals surface area (Å²) in [6.07, 6.45) is 4.09. The second-order valence-electron chi connectivity index (χ2n) is 6.50. The highest BCUT2D eigenvalue weighted by atomic mass is 16.6. The van der Waals surface area contributed by atoms with E-state index in [-0.39, 0.29) is 16.7 Å². The van der Waals surface area contributed by atoms with E-state index in [4.69, 9.17) is 4.74 Å². The molecule has 8 nitrogen and oxygen atoms in total. The predicted molar refractivity (Wildman–Crippen MR) is 87.8 cm³/mol. The van der Waals surface area contributed by atoms with Crippen LogP contribution in [0.1, 0.15) is 25.7 Å². The van der Waals surface area contributed by atoms with E-state index in [9.17, 15) is 10.1 Å². The fourth-order valence-electron chi connectivity index (χ4n) is 4.22. The molecule has 1 aromatic carbocycles. The first-order chi connectivity index (χ1) is 11.7. The molecule has 2 heterocycles. The van der Waals surface area contributed by atoms with E-state index in [0.717, 1.165) is 38.8 Å². The molecule has 1 saturated heterocycles. The van der Waals surface area contributed by atoms with E-state index in [1.54, 1.807) is 12.1 Å². The maximum absolute atomic E-state index is 11.5. The topological polar surface area (TPSA) is 83.6 Å². The van der Waals surface area contributed by atoms with Crippen LogP contribution in [0.4, 0.5) is 11.4 Å². The summed E-state index contributed by atoms with van der Waals surface area (Å²) in [4.78, 5) is 13.5. The number of rotatable bonds is 3. The lowest BCUT2D eigenvalue weighted by Gasteiger charge is -2.50. The van der Waals surface area contributed by atoms with Gasteiger partial charge in [-0.05, 0) is 25.3 Å². The summed E-state index contributed by atoms with van der Waals surface area (Å²) >= 11 is 0. The van der Waals surface area contributed by atoms with E-state index in [1.165, 1.54) is 6.07 Å². The van der Waals surface area contributed by atoms with Crippen LogP contribution < -0.4 is 5.01 Å². The van der Waals surface area contributed by atoms with Crippen molar-refractivity contribution in [2.75, 3.05) is 31.3 Å². The Balaban J connectivity index is 1.79. The number of ether oxygens (including phenoxy) is 1. The van der Waals surface area contributed by atoms with Crippen molar-refractivity contribution in [3.63, 3.8) is 0 Å². The molecule has 0 amide bonds. The fraction of sp³-hybridized carbons (Fsp3) is 0.625. The van der Waals surface area contributed by atoms with Crippen molar-refractivity contribution in [1.29, 1.82) is 0 Å². The van der Waals surface area contributed by atoms with Gasteiger partial charge in [0.2, 0.25) is 0 Å². The molecule has 0 radical (unpaired) electrons. The molecule has 0 bridgehead atoms. The highest BCUT2D eigenvalue weighted by Gasteiger charge is 2.55. The summed E-state index contributed by atoms with van der Waals surface area (Å²) in [5.74, 6) is 0. The maximum atomic E-state index is 11.5. The van der Waals surface area contributed by atoms with E-state index in [1.807, 2.05) is 11.1 Å². The van der Waals surface area contributed by atoms with Crippen LogP contribution in [0.15, 0.2) is 34.6 Å². The van der Waals surface area contributed by atoms with Crippen LogP contribution in [0.5, 0.6) is 0 Å². The first kappa shape index (κ1) is 15.5. The van der Waals surface area contributed by atoms with Gasteiger partial charge in [0.05, 0.1) is 18.1 Å². The largest absolute Gasteiger partial charge is 0.379 e. The normalized spacial score (nSPS) is 30.3. The molecule has 1 saturated carbocycles. The average Bonchev–Trinajstić information content (AvgIpc) is 3.03. The van der Waals surface area contributed by atoms with Crippen LogP contribution in [-0.4, -0.2) is 47.8 Å². The first-order valence-electron chi connectivity index (χ1n) is 8.51. The number of anilines is 1. The molecule has 0 aromatic heterocycles. The molecular formula is C16H21N5O3. The van der Waals surface area contributed by atoms with Crippen LogP contribution in [0.2, 0.25) is 0 Å². The van der Waals surface area contributed by atoms with E-state index in [0.29, 0.717) is 18.9 Å². The van der Waals surface area contributed by atoms with Gasteiger partial charge in [0.25, 0.3) is 5.69 Å². The third-order valence-corrected chi connectivity index (χ3v) is 5.32. The third-order valence-electron chi connectivity index (χ3n) is 5.32. The van der Waals surface area contributed by atoms with Crippen LogP contribution in [0.3, 0.4) is 0 Å². The molecule has 0 N–H and O–H groups in total. The van der Waals surface area contributed by atoms with Crippen molar-refractivity contribution in [1.82, 2.24) is 4.90 Å². The summed E-state index contributed by atoms with van der Waals surface area (Å²) in [6, 6.07) is 6.88. The number of nitro benzene ring substituents is 1. The number of morpholine rings is 1. The van der Waals surface area contributed by atoms with Gasteiger partial charge in [-0.2, -0.15) is 5.11 Å². The molecule has 3 aliphatic rings. The van der Waals surface area contributed by atoms with Crippen molar-refractivity contribution in [3.8, 4) is 0 Å². The SMILES string of the molecule is O=[N+]([O-])c1ccccc1N1N=NC2CCCCC21N1CCOCC1. The maximum Gasteiger partial charge on any atom is 0.294 e. The Morgan fingerprint density at radius 1 is 1.25 bits per heavy atom. The first-order valence-corrected chi connectivity index (χ1v) is 8.51. The number of hydrogen-bond acceptors (Lipinski definition) is 7. The van der Waals surface area contributed by atoms with Gasteiger partial charge in [-0.25, -0.2) is 5.01 Å². The smallest absolute Gasteiger partial charge is 0.294 e. The van der Waals surface area contributed by atoms with Crippen LogP contribution >= 0.6 is 0 Å². The van der Waals surface area contributed by atoms with Crippen LogP contribution in [0.25, 0.3) is 0 Å². The highest BCUT2D eigenvalue weighted by Crippen LogP contribution is 2.47. The van der Waals surface area contributed by atoms with Crippen molar-refractivity contribution in [2.45, 2.75) is 37.4 Å². The van der Waals surface area contributed by atoms with Crippen LogP contribution in [-0.2, 0) is 4.74 Å². The monoisotopic (exact) mass is 331 g/mol. The van der Waals surface area contributed by atoms with E-state index in [2.05, 4.69) is 15.2 Å². The quantitative estimate of drug-likeness (QED) is 0.628. The van der Waals surface area contributed by atoms with Crippen molar-refractivity contribution >= 4 is 11.4 Å². The number of fused-ring (bicyclic) bond motifs is 1. The summed E-state index contributed by atoms with van der Waals surface area (Å²) in [5.41, 5.74) is 0.214. The van der Waals surface area contributed by atoms with Gasteiger partial charge in [-0.3, -0.25) is 15.0 Å². The lowest BCUT2D eigenvalue weighted by Crippen LogP contribution is -2.66. The predicted octanol–water partition coefficient (Wildman–Crippen LogP) is 2.75. The second kappa shape index (κ2) is 6.10. The number of nitro groups is 1. The lowest BCUT2D eigenvalue weighted by molar-refractivity contribution is -0.384. The Bertz CT molecular complexity index is 661. The van der Waals surface area contributed by atoms with Crippen molar-refractivity contribution in [3.05, 3.63) is 34.4 Å².